The lowest BCUT2D eigenvalue weighted by Crippen LogP contribution is -2.24. The maximum Gasteiger partial charge on any atom is 0.262 e. The van der Waals surface area contributed by atoms with E-state index in [1.54, 1.807) is 18.3 Å². The average molecular weight is 253 g/mol. The van der Waals surface area contributed by atoms with Crippen molar-refractivity contribution in [1.82, 2.24) is 14.5 Å². The maximum absolute atomic E-state index is 12.2. The van der Waals surface area contributed by atoms with Crippen LogP contribution in [0.1, 0.15) is 12.8 Å². The molecule has 0 aromatic carbocycles. The molecule has 0 N–H and O–H groups in total. The van der Waals surface area contributed by atoms with Crippen LogP contribution in [0, 0.1) is 28.6 Å². The molecule has 0 aliphatic rings. The van der Waals surface area contributed by atoms with Crippen molar-refractivity contribution in [2.75, 3.05) is 0 Å². The van der Waals surface area contributed by atoms with E-state index in [0.29, 0.717) is 23.9 Å². The molecular weight excluding hydrogens is 242 g/mol. The summed E-state index contributed by atoms with van der Waals surface area (Å²) >= 11 is 0. The van der Waals surface area contributed by atoms with Gasteiger partial charge in [-0.15, -0.1) is 0 Å². The molecule has 0 amide bonds. The molecule has 2 heterocycles. The zero-order valence-electron chi connectivity index (χ0n) is 10.2. The van der Waals surface area contributed by atoms with Crippen LogP contribution in [0.25, 0.3) is 11.0 Å². The van der Waals surface area contributed by atoms with Crippen molar-refractivity contribution in [2.24, 2.45) is 5.92 Å². The molecule has 0 radical (unpaired) electrons. The number of aromatic nitrogens is 3. The highest BCUT2D eigenvalue weighted by atomic mass is 16.1. The Hall–Kier alpha value is -2.73. The molecule has 6 nitrogen and oxygen atoms in total. The molecule has 19 heavy (non-hydrogen) atoms. The van der Waals surface area contributed by atoms with E-state index in [1.807, 2.05) is 6.07 Å². The highest BCUT2D eigenvalue weighted by molar-refractivity contribution is 5.72. The third-order valence-electron chi connectivity index (χ3n) is 2.80. The topological polar surface area (TPSA) is 95.4 Å². The van der Waals surface area contributed by atoms with Gasteiger partial charge in [0.1, 0.15) is 6.33 Å². The van der Waals surface area contributed by atoms with Gasteiger partial charge in [-0.25, -0.2) is 9.97 Å². The van der Waals surface area contributed by atoms with Crippen LogP contribution in [-0.4, -0.2) is 14.5 Å². The molecule has 6 heteroatoms. The van der Waals surface area contributed by atoms with Crippen LogP contribution < -0.4 is 5.56 Å². The van der Waals surface area contributed by atoms with Crippen LogP contribution in [0.3, 0.4) is 0 Å². The Morgan fingerprint density at radius 3 is 2.95 bits per heavy atom. The van der Waals surface area contributed by atoms with Gasteiger partial charge < -0.3 is 0 Å². The first-order chi connectivity index (χ1) is 9.26. The largest absolute Gasteiger partial charge is 0.297 e. The van der Waals surface area contributed by atoms with Crippen LogP contribution in [0.2, 0.25) is 0 Å². The van der Waals surface area contributed by atoms with Gasteiger partial charge in [0.2, 0.25) is 0 Å². The zero-order chi connectivity index (χ0) is 13.7. The number of rotatable bonds is 4. The molecule has 0 unspecified atom stereocenters. The molecule has 0 fully saturated rings. The lowest BCUT2D eigenvalue weighted by molar-refractivity contribution is 0.498. The van der Waals surface area contributed by atoms with E-state index in [-0.39, 0.29) is 18.0 Å². The normalized spacial score (nSPS) is 11.7. The third-order valence-corrected chi connectivity index (χ3v) is 2.80. The number of hydrogen-bond donors (Lipinski definition) is 0. The number of hydrogen-bond acceptors (Lipinski definition) is 5. The summed E-state index contributed by atoms with van der Waals surface area (Å²) in [5.74, 6) is -0.367. The van der Waals surface area contributed by atoms with Crippen LogP contribution >= 0.6 is 0 Å². The first-order valence-corrected chi connectivity index (χ1v) is 5.83. The third kappa shape index (κ3) is 2.75. The fourth-order valence-electron chi connectivity index (χ4n) is 1.80. The summed E-state index contributed by atoms with van der Waals surface area (Å²) in [4.78, 5) is 20.2. The summed E-state index contributed by atoms with van der Waals surface area (Å²) in [5.41, 5.74) is 0.185. The predicted molar refractivity (Wildman–Crippen MR) is 67.7 cm³/mol. The van der Waals surface area contributed by atoms with E-state index in [0.717, 1.165) is 0 Å². The minimum Gasteiger partial charge on any atom is -0.297 e. The molecule has 0 bridgehead atoms. The lowest BCUT2D eigenvalue weighted by Gasteiger charge is -2.09. The average Bonchev–Trinajstić information content (AvgIpc) is 2.46. The molecule has 0 aliphatic heterocycles. The lowest BCUT2D eigenvalue weighted by atomic mass is 10.1. The summed E-state index contributed by atoms with van der Waals surface area (Å²) in [6.45, 7) is 0.245. The highest BCUT2D eigenvalue weighted by Crippen LogP contribution is 2.08. The van der Waals surface area contributed by atoms with Gasteiger partial charge in [-0.05, 0) is 18.6 Å². The quantitative estimate of drug-likeness (QED) is 0.816. The van der Waals surface area contributed by atoms with Crippen LogP contribution in [0.4, 0.5) is 0 Å². The van der Waals surface area contributed by atoms with Gasteiger partial charge in [0.15, 0.2) is 5.65 Å². The minimum absolute atomic E-state index is 0.213. The van der Waals surface area contributed by atoms with Gasteiger partial charge in [0, 0.05) is 19.2 Å². The fraction of sp³-hybridized carbons (Fsp3) is 0.308. The Morgan fingerprint density at radius 2 is 2.21 bits per heavy atom. The summed E-state index contributed by atoms with van der Waals surface area (Å²) in [6, 6.07) is 7.44. The second kappa shape index (κ2) is 5.74. The molecule has 94 valence electrons. The monoisotopic (exact) mass is 253 g/mol. The van der Waals surface area contributed by atoms with Gasteiger partial charge >= 0.3 is 0 Å². The van der Waals surface area contributed by atoms with Crippen LogP contribution in [0.5, 0.6) is 0 Å². The molecule has 2 aromatic heterocycles. The molecule has 0 spiro atoms. The maximum atomic E-state index is 12.2. The summed E-state index contributed by atoms with van der Waals surface area (Å²) in [5, 5.41) is 18.0. The standard InChI is InChI=1S/C13H11N5O/c14-5-1-3-10(7-15)8-18-9-17-12-11(13(18)19)4-2-6-16-12/h2,4,6,9-10H,1,3,8H2/t10-/m1/s1. The van der Waals surface area contributed by atoms with E-state index >= 15 is 0 Å². The summed E-state index contributed by atoms with van der Waals surface area (Å²) in [6.07, 6.45) is 3.72. The van der Waals surface area contributed by atoms with Gasteiger partial charge in [-0.1, -0.05) is 0 Å². The molecule has 0 saturated carbocycles. The van der Waals surface area contributed by atoms with Gasteiger partial charge in [0.25, 0.3) is 5.56 Å². The fourth-order valence-corrected chi connectivity index (χ4v) is 1.80. The van der Waals surface area contributed by atoms with Crippen molar-refractivity contribution >= 4 is 11.0 Å². The van der Waals surface area contributed by atoms with E-state index in [4.69, 9.17) is 10.5 Å². The second-order valence-electron chi connectivity index (χ2n) is 4.10. The zero-order valence-corrected chi connectivity index (χ0v) is 10.2. The van der Waals surface area contributed by atoms with Crippen LogP contribution in [0.15, 0.2) is 29.5 Å². The van der Waals surface area contributed by atoms with Gasteiger partial charge in [-0.2, -0.15) is 10.5 Å². The van der Waals surface area contributed by atoms with E-state index in [2.05, 4.69) is 16.0 Å². The molecule has 2 aromatic rings. The Kier molecular flexibility index (Phi) is 3.84. The van der Waals surface area contributed by atoms with Crippen molar-refractivity contribution in [3.8, 4) is 12.1 Å². The van der Waals surface area contributed by atoms with E-state index in [1.165, 1.54) is 10.9 Å². The molecule has 0 aliphatic carbocycles. The second-order valence-corrected chi connectivity index (χ2v) is 4.10. The summed E-state index contributed by atoms with van der Waals surface area (Å²) < 4.78 is 1.40. The Labute approximate surface area is 109 Å². The molecule has 0 saturated heterocycles. The van der Waals surface area contributed by atoms with Gasteiger partial charge in [-0.3, -0.25) is 9.36 Å². The van der Waals surface area contributed by atoms with Crippen LogP contribution in [-0.2, 0) is 6.54 Å². The van der Waals surface area contributed by atoms with Crippen molar-refractivity contribution in [1.29, 1.82) is 10.5 Å². The SMILES string of the molecule is N#CCC[C@H](C#N)Cn1cnc2ncccc2c1=O. The molecule has 2 rings (SSSR count). The smallest absolute Gasteiger partial charge is 0.262 e. The minimum atomic E-state index is -0.367. The molecule has 1 atom stereocenters. The number of nitriles is 2. The van der Waals surface area contributed by atoms with E-state index < -0.39 is 0 Å². The first-order valence-electron chi connectivity index (χ1n) is 5.83. The first kappa shape index (κ1) is 12.7. The Bertz CT molecular complexity index is 722. The number of nitrogens with zero attached hydrogens (tertiary/aromatic N) is 5. The highest BCUT2D eigenvalue weighted by Gasteiger charge is 2.11. The van der Waals surface area contributed by atoms with Crippen molar-refractivity contribution in [3.63, 3.8) is 0 Å². The van der Waals surface area contributed by atoms with E-state index in [9.17, 15) is 4.79 Å². The number of fused-ring (bicyclic) bond motifs is 1. The van der Waals surface area contributed by atoms with Crippen molar-refractivity contribution in [3.05, 3.63) is 35.0 Å². The van der Waals surface area contributed by atoms with Crippen molar-refractivity contribution < 1.29 is 0 Å². The van der Waals surface area contributed by atoms with Gasteiger partial charge in [0.05, 0.1) is 23.4 Å². The predicted octanol–water partition coefficient (Wildman–Crippen LogP) is 1.24. The Morgan fingerprint density at radius 1 is 1.37 bits per heavy atom. The Balaban J connectivity index is 2.31. The number of pyridine rings is 1. The van der Waals surface area contributed by atoms with Crippen molar-refractivity contribution in [2.45, 2.75) is 19.4 Å². The molecular formula is C13H11N5O. The summed E-state index contributed by atoms with van der Waals surface area (Å²) in [7, 11) is 0.